The molecule has 2 heterocycles. The maximum atomic E-state index is 14.3. The van der Waals surface area contributed by atoms with Gasteiger partial charge in [0.05, 0.1) is 0 Å². The van der Waals surface area contributed by atoms with E-state index in [9.17, 15) is 9.18 Å². The topological polar surface area (TPSA) is 35.6 Å². The summed E-state index contributed by atoms with van der Waals surface area (Å²) in [6.07, 6.45) is -0.541. The number of halogens is 1. The molecule has 0 aliphatic carbocycles. The Kier molecular flexibility index (Phi) is 3.85. The van der Waals surface area contributed by atoms with Crippen molar-refractivity contribution in [2.75, 3.05) is 36.0 Å². The van der Waals surface area contributed by atoms with Crippen LogP contribution in [0.25, 0.3) is 0 Å². The second kappa shape index (κ2) is 5.64. The molecule has 1 fully saturated rings. The maximum absolute atomic E-state index is 14.3. The number of benzene rings is 1. The fourth-order valence-electron chi connectivity index (χ4n) is 3.26. The summed E-state index contributed by atoms with van der Waals surface area (Å²) >= 11 is 0. The number of carbonyl (C=O) groups is 1. The number of hydrogen-bond donors (Lipinski definition) is 1. The summed E-state index contributed by atoms with van der Waals surface area (Å²) in [5.41, 5.74) is 2.97. The lowest BCUT2D eigenvalue weighted by atomic mass is 9.92. The number of nitrogens with one attached hydrogen (secondary N) is 1. The summed E-state index contributed by atoms with van der Waals surface area (Å²) in [4.78, 5) is 15.4. The molecule has 1 amide bonds. The van der Waals surface area contributed by atoms with Crippen LogP contribution in [0, 0.1) is 5.92 Å². The predicted octanol–water partition coefficient (Wildman–Crippen LogP) is 1.94. The van der Waals surface area contributed by atoms with E-state index in [1.54, 1.807) is 0 Å². The zero-order valence-electron chi connectivity index (χ0n) is 12.6. The molecule has 1 N–H and O–H groups in total. The number of hydrogen-bond acceptors (Lipinski definition) is 3. The number of rotatable bonds is 1. The van der Waals surface area contributed by atoms with Crippen LogP contribution < -0.4 is 15.1 Å². The quantitative estimate of drug-likeness (QED) is 0.803. The zero-order valence-corrected chi connectivity index (χ0v) is 12.6. The molecule has 2 aliphatic rings. The molecule has 2 atom stereocenters. The Hall–Kier alpha value is -1.62. The number of carbonyl (C=O) groups excluding carboxylic acids is 1. The first-order valence-electron chi connectivity index (χ1n) is 7.60. The average molecular weight is 291 g/mol. The molecule has 4 nitrogen and oxygen atoms in total. The smallest absolute Gasteiger partial charge is 0.226 e. The Bertz CT molecular complexity index is 542. The van der Waals surface area contributed by atoms with E-state index in [1.807, 2.05) is 19.1 Å². The lowest BCUT2D eigenvalue weighted by molar-refractivity contribution is -0.118. The van der Waals surface area contributed by atoms with Crippen LogP contribution in [0.5, 0.6) is 0 Å². The van der Waals surface area contributed by atoms with Crippen molar-refractivity contribution in [3.8, 4) is 0 Å². The monoisotopic (exact) mass is 291 g/mol. The van der Waals surface area contributed by atoms with Crippen molar-refractivity contribution in [1.82, 2.24) is 5.32 Å². The Balaban J connectivity index is 1.94. The van der Waals surface area contributed by atoms with E-state index >= 15 is 0 Å². The van der Waals surface area contributed by atoms with Crippen LogP contribution in [-0.4, -0.2) is 38.4 Å². The van der Waals surface area contributed by atoms with Crippen molar-refractivity contribution in [3.05, 3.63) is 23.8 Å². The highest BCUT2D eigenvalue weighted by atomic mass is 19.1. The number of alkyl halides is 1. The lowest BCUT2D eigenvalue weighted by Crippen LogP contribution is -2.45. The second-order valence-corrected chi connectivity index (χ2v) is 5.99. The first kappa shape index (κ1) is 14.3. The van der Waals surface area contributed by atoms with Gasteiger partial charge in [0.15, 0.2) is 6.30 Å². The molecular formula is C16H22FN3O. The summed E-state index contributed by atoms with van der Waals surface area (Å²) in [6.45, 7) is 7.23. The van der Waals surface area contributed by atoms with Gasteiger partial charge in [-0.05, 0) is 30.2 Å². The van der Waals surface area contributed by atoms with Crippen LogP contribution in [0.1, 0.15) is 19.4 Å². The third-order valence-corrected chi connectivity index (χ3v) is 4.40. The van der Waals surface area contributed by atoms with Gasteiger partial charge < -0.3 is 10.2 Å². The normalized spacial score (nSPS) is 25.7. The summed E-state index contributed by atoms with van der Waals surface area (Å²) in [6, 6.07) is 6.02. The first-order chi connectivity index (χ1) is 10.1. The molecule has 21 heavy (non-hydrogen) atoms. The van der Waals surface area contributed by atoms with Gasteiger partial charge in [-0.25, -0.2) is 4.39 Å². The van der Waals surface area contributed by atoms with E-state index in [-0.39, 0.29) is 11.8 Å². The molecule has 1 aromatic rings. The highest BCUT2D eigenvalue weighted by Crippen LogP contribution is 2.36. The van der Waals surface area contributed by atoms with E-state index < -0.39 is 6.30 Å². The molecule has 1 aromatic carbocycles. The van der Waals surface area contributed by atoms with Crippen LogP contribution >= 0.6 is 0 Å². The van der Waals surface area contributed by atoms with E-state index in [2.05, 4.69) is 16.3 Å². The summed E-state index contributed by atoms with van der Waals surface area (Å²) in [5.74, 6) is -0.398. The molecule has 0 unspecified atom stereocenters. The fourth-order valence-corrected chi connectivity index (χ4v) is 3.26. The zero-order chi connectivity index (χ0) is 15.0. The first-order valence-corrected chi connectivity index (χ1v) is 7.60. The van der Waals surface area contributed by atoms with Gasteiger partial charge in [0.1, 0.15) is 0 Å². The third-order valence-electron chi connectivity index (χ3n) is 4.40. The Morgan fingerprint density at radius 2 is 2.05 bits per heavy atom. The van der Waals surface area contributed by atoms with E-state index in [1.165, 1.54) is 17.5 Å². The van der Waals surface area contributed by atoms with Gasteiger partial charge in [-0.3, -0.25) is 9.69 Å². The second-order valence-electron chi connectivity index (χ2n) is 5.99. The van der Waals surface area contributed by atoms with E-state index in [4.69, 9.17) is 0 Å². The number of piperazine rings is 1. The van der Waals surface area contributed by atoms with E-state index in [0.717, 1.165) is 37.4 Å². The highest BCUT2D eigenvalue weighted by molar-refractivity contribution is 5.93. The van der Waals surface area contributed by atoms with Gasteiger partial charge in [0.2, 0.25) is 5.91 Å². The van der Waals surface area contributed by atoms with Crippen LogP contribution in [0.2, 0.25) is 0 Å². The van der Waals surface area contributed by atoms with Gasteiger partial charge in [-0.15, -0.1) is 0 Å². The van der Waals surface area contributed by atoms with Gasteiger partial charge in [-0.2, -0.15) is 0 Å². The third kappa shape index (κ3) is 2.62. The van der Waals surface area contributed by atoms with Crippen LogP contribution in [0.3, 0.4) is 0 Å². The average Bonchev–Trinajstić information content (AvgIpc) is 2.48. The van der Waals surface area contributed by atoms with Crippen LogP contribution in [0.15, 0.2) is 18.2 Å². The largest absolute Gasteiger partial charge is 0.369 e. The minimum Gasteiger partial charge on any atom is -0.369 e. The minimum atomic E-state index is -1.22. The number of nitrogens with zero attached hydrogens (tertiary/aromatic N) is 2. The summed E-state index contributed by atoms with van der Waals surface area (Å²) in [5, 5.41) is 3.34. The van der Waals surface area contributed by atoms with Gasteiger partial charge in [0.25, 0.3) is 0 Å². The van der Waals surface area contributed by atoms with E-state index in [0.29, 0.717) is 6.42 Å². The molecule has 0 aromatic heterocycles. The molecule has 0 saturated carbocycles. The number of amides is 1. The van der Waals surface area contributed by atoms with Crippen molar-refractivity contribution in [2.24, 2.45) is 5.92 Å². The Morgan fingerprint density at radius 1 is 1.33 bits per heavy atom. The molecule has 0 radical (unpaired) electrons. The lowest BCUT2D eigenvalue weighted by Gasteiger charge is -2.37. The predicted molar refractivity (Wildman–Crippen MR) is 82.4 cm³/mol. The fraction of sp³-hybridized carbons (Fsp3) is 0.562. The maximum Gasteiger partial charge on any atom is 0.226 e. The van der Waals surface area contributed by atoms with Gasteiger partial charge in [-0.1, -0.05) is 6.92 Å². The van der Waals surface area contributed by atoms with Gasteiger partial charge in [0, 0.05) is 50.4 Å². The molecule has 0 bridgehead atoms. The molecule has 114 valence electrons. The number of fused-ring (bicyclic) bond motifs is 1. The van der Waals surface area contributed by atoms with Gasteiger partial charge >= 0.3 is 0 Å². The molecule has 3 rings (SSSR count). The number of anilines is 2. The van der Waals surface area contributed by atoms with Crippen molar-refractivity contribution in [3.63, 3.8) is 0 Å². The standard InChI is InChI=1S/C16H22FN3O/c1-11-9-13-10-14(19-7-5-18-6-8-19)3-4-15(13)20(12(2)21)16(11)17/h3-4,10-11,16,18H,5-9H2,1-2H3/t11-,16-/m1/s1. The van der Waals surface area contributed by atoms with Crippen molar-refractivity contribution < 1.29 is 9.18 Å². The highest BCUT2D eigenvalue weighted by Gasteiger charge is 2.34. The molecule has 0 spiro atoms. The molecular weight excluding hydrogens is 269 g/mol. The summed E-state index contributed by atoms with van der Waals surface area (Å²) < 4.78 is 14.3. The van der Waals surface area contributed by atoms with Crippen molar-refractivity contribution in [1.29, 1.82) is 0 Å². The molecule has 1 saturated heterocycles. The molecule has 5 heteroatoms. The molecule has 2 aliphatic heterocycles. The SMILES string of the molecule is CC(=O)N1c2ccc(N3CCNCC3)cc2C[C@@H](C)[C@@H]1F. The minimum absolute atomic E-state index is 0.167. The van der Waals surface area contributed by atoms with Crippen molar-refractivity contribution >= 4 is 17.3 Å². The Morgan fingerprint density at radius 3 is 2.71 bits per heavy atom. The summed E-state index contributed by atoms with van der Waals surface area (Å²) in [7, 11) is 0. The Labute approximate surface area is 124 Å². The van der Waals surface area contributed by atoms with Crippen LogP contribution in [-0.2, 0) is 11.2 Å². The van der Waals surface area contributed by atoms with Crippen LogP contribution in [0.4, 0.5) is 15.8 Å². The van der Waals surface area contributed by atoms with Crippen molar-refractivity contribution in [2.45, 2.75) is 26.6 Å².